The van der Waals surface area contributed by atoms with E-state index in [0.717, 1.165) is 11.8 Å². The number of hydrogen-bond donors (Lipinski definition) is 2. The Kier molecular flexibility index (Phi) is 2.82. The molecule has 0 aliphatic rings. The van der Waals surface area contributed by atoms with Crippen molar-refractivity contribution >= 4 is 0 Å². The summed E-state index contributed by atoms with van der Waals surface area (Å²) in [6.45, 7) is 0. The van der Waals surface area contributed by atoms with Crippen LogP contribution in [0.1, 0.15) is 7.43 Å². The summed E-state index contributed by atoms with van der Waals surface area (Å²) in [4.78, 5) is 0. The Hall–Kier alpha value is -1.90. The normalized spacial score (nSPS) is 9.43. The van der Waals surface area contributed by atoms with Gasteiger partial charge in [0.15, 0.2) is 11.5 Å². The molecule has 2 N–H and O–H groups in total. The predicted octanol–water partition coefficient (Wildman–Crippen LogP) is 2.99. The van der Waals surface area contributed by atoms with Crippen molar-refractivity contribution in [2.24, 2.45) is 0 Å². The Balaban J connectivity index is 0.000000980. The monoisotopic (exact) mass is 192 g/mol. The van der Waals surface area contributed by atoms with Crippen LogP contribution < -0.4 is 0 Å². The molecule has 1 aromatic heterocycles. The molecule has 0 aliphatic heterocycles. The Bertz CT molecular complexity index is 404. The zero-order chi connectivity index (χ0) is 9.26. The fourth-order valence-electron chi connectivity index (χ4n) is 1.14. The van der Waals surface area contributed by atoms with Gasteiger partial charge in [-0.2, -0.15) is 0 Å². The first-order valence-electron chi connectivity index (χ1n) is 3.84. The van der Waals surface area contributed by atoms with Crippen molar-refractivity contribution < 1.29 is 14.6 Å². The van der Waals surface area contributed by atoms with Gasteiger partial charge in [-0.05, 0) is 0 Å². The predicted molar refractivity (Wildman–Crippen MR) is 54.2 cm³/mol. The van der Waals surface area contributed by atoms with Crippen LogP contribution in [0.25, 0.3) is 11.3 Å². The van der Waals surface area contributed by atoms with Gasteiger partial charge in [0, 0.05) is 5.56 Å². The van der Waals surface area contributed by atoms with Gasteiger partial charge in [0.1, 0.15) is 6.26 Å². The van der Waals surface area contributed by atoms with Crippen LogP contribution in [0.4, 0.5) is 0 Å². The van der Waals surface area contributed by atoms with Crippen LogP contribution in [-0.4, -0.2) is 10.2 Å². The van der Waals surface area contributed by atoms with E-state index >= 15 is 0 Å². The minimum atomic E-state index is -0.237. The van der Waals surface area contributed by atoms with Gasteiger partial charge in [-0.1, -0.05) is 37.8 Å². The van der Waals surface area contributed by atoms with Gasteiger partial charge in [0.2, 0.25) is 5.75 Å². The number of rotatable bonds is 1. The van der Waals surface area contributed by atoms with Crippen molar-refractivity contribution in [3.05, 3.63) is 36.6 Å². The first-order valence-corrected chi connectivity index (χ1v) is 3.84. The van der Waals surface area contributed by atoms with Gasteiger partial charge < -0.3 is 14.6 Å². The quantitative estimate of drug-likeness (QED) is 0.730. The second-order valence-corrected chi connectivity index (χ2v) is 2.66. The highest BCUT2D eigenvalue weighted by molar-refractivity contribution is 5.67. The molecule has 0 spiro atoms. The summed E-state index contributed by atoms with van der Waals surface area (Å²) >= 11 is 0. The molecule has 3 heteroatoms. The molecular formula is C11H12O3. The van der Waals surface area contributed by atoms with Crippen molar-refractivity contribution in [1.82, 2.24) is 0 Å². The molecule has 0 radical (unpaired) electrons. The van der Waals surface area contributed by atoms with Gasteiger partial charge >= 0.3 is 0 Å². The molecule has 0 bridgehead atoms. The average Bonchev–Trinajstić information content (AvgIpc) is 2.49. The second kappa shape index (κ2) is 3.87. The molecule has 0 unspecified atom stereocenters. The number of aromatic hydroxyl groups is 2. The van der Waals surface area contributed by atoms with Gasteiger partial charge in [-0.15, -0.1) is 0 Å². The van der Waals surface area contributed by atoms with Crippen LogP contribution in [0, 0.1) is 0 Å². The molecule has 0 atom stereocenters. The van der Waals surface area contributed by atoms with Crippen LogP contribution in [0.5, 0.6) is 11.5 Å². The van der Waals surface area contributed by atoms with Gasteiger partial charge in [0.25, 0.3) is 0 Å². The van der Waals surface area contributed by atoms with Crippen LogP contribution in [0.2, 0.25) is 0 Å². The lowest BCUT2D eigenvalue weighted by atomic mass is 10.2. The number of furan rings is 1. The molecule has 0 fully saturated rings. The molecule has 3 nitrogen and oxygen atoms in total. The zero-order valence-electron chi connectivity index (χ0n) is 6.77. The summed E-state index contributed by atoms with van der Waals surface area (Å²) in [6.07, 6.45) is 1.11. The molecule has 0 saturated heterocycles. The molecule has 1 aromatic carbocycles. The minimum Gasteiger partial charge on any atom is -0.502 e. The van der Waals surface area contributed by atoms with E-state index in [2.05, 4.69) is 0 Å². The first kappa shape index (κ1) is 10.2. The van der Waals surface area contributed by atoms with Crippen molar-refractivity contribution in [1.29, 1.82) is 0 Å². The largest absolute Gasteiger partial charge is 0.502 e. The van der Waals surface area contributed by atoms with Crippen LogP contribution in [0.3, 0.4) is 0 Å². The van der Waals surface area contributed by atoms with E-state index in [-0.39, 0.29) is 24.7 Å². The lowest BCUT2D eigenvalue weighted by Crippen LogP contribution is -1.71. The van der Waals surface area contributed by atoms with Gasteiger partial charge in [-0.3, -0.25) is 0 Å². The highest BCUT2D eigenvalue weighted by Crippen LogP contribution is 2.37. The molecular weight excluding hydrogens is 180 g/mol. The van der Waals surface area contributed by atoms with E-state index < -0.39 is 0 Å². The Morgan fingerprint density at radius 1 is 1.00 bits per heavy atom. The highest BCUT2D eigenvalue weighted by atomic mass is 16.4. The van der Waals surface area contributed by atoms with E-state index in [1.807, 2.05) is 18.2 Å². The van der Waals surface area contributed by atoms with Crippen molar-refractivity contribution in [2.75, 3.05) is 0 Å². The summed E-state index contributed by atoms with van der Waals surface area (Å²) in [5.74, 6) is -0.164. The summed E-state index contributed by atoms with van der Waals surface area (Å²) in [7, 11) is 0. The summed E-state index contributed by atoms with van der Waals surface area (Å²) in [6, 6.07) is 9.10. The maximum absolute atomic E-state index is 9.35. The highest BCUT2D eigenvalue weighted by Gasteiger charge is 2.12. The van der Waals surface area contributed by atoms with E-state index in [4.69, 9.17) is 9.52 Å². The third kappa shape index (κ3) is 1.57. The van der Waals surface area contributed by atoms with E-state index in [1.165, 1.54) is 0 Å². The Morgan fingerprint density at radius 2 is 1.64 bits per heavy atom. The van der Waals surface area contributed by atoms with E-state index in [9.17, 15) is 5.11 Å². The van der Waals surface area contributed by atoms with E-state index in [0.29, 0.717) is 0 Å². The second-order valence-electron chi connectivity index (χ2n) is 2.66. The maximum Gasteiger partial charge on any atom is 0.205 e. The summed E-state index contributed by atoms with van der Waals surface area (Å²) < 4.78 is 4.98. The van der Waals surface area contributed by atoms with Crippen molar-refractivity contribution in [3.8, 4) is 22.8 Å². The fourth-order valence-corrected chi connectivity index (χ4v) is 1.14. The molecule has 0 saturated carbocycles. The van der Waals surface area contributed by atoms with Gasteiger partial charge in [-0.25, -0.2) is 0 Å². The third-order valence-corrected chi connectivity index (χ3v) is 1.78. The molecule has 74 valence electrons. The van der Waals surface area contributed by atoms with Crippen molar-refractivity contribution in [2.45, 2.75) is 7.43 Å². The SMILES string of the molecule is C.Oc1coc(-c2ccccc2)c1O. The topological polar surface area (TPSA) is 53.6 Å². The van der Waals surface area contributed by atoms with Crippen LogP contribution >= 0.6 is 0 Å². The molecule has 2 aromatic rings. The Morgan fingerprint density at radius 3 is 2.14 bits per heavy atom. The number of benzene rings is 1. The molecule has 0 amide bonds. The maximum atomic E-state index is 9.35. The van der Waals surface area contributed by atoms with Gasteiger partial charge in [0.05, 0.1) is 0 Å². The summed E-state index contributed by atoms with van der Waals surface area (Å²) in [5, 5.41) is 18.4. The molecule has 1 heterocycles. The standard InChI is InChI=1S/C10H8O3.CH4/c11-8-6-13-10(9(8)12)7-4-2-1-3-5-7;/h1-6,11-12H;1H4. The smallest absolute Gasteiger partial charge is 0.205 e. The molecule has 0 aliphatic carbocycles. The van der Waals surface area contributed by atoms with Crippen LogP contribution in [0.15, 0.2) is 41.0 Å². The summed E-state index contributed by atoms with van der Waals surface area (Å²) in [5.41, 5.74) is 0.736. The van der Waals surface area contributed by atoms with E-state index in [1.54, 1.807) is 12.1 Å². The first-order chi connectivity index (χ1) is 6.29. The molecule has 14 heavy (non-hydrogen) atoms. The minimum absolute atomic E-state index is 0. The lowest BCUT2D eigenvalue weighted by molar-refractivity contribution is 0.408. The third-order valence-electron chi connectivity index (χ3n) is 1.78. The average molecular weight is 192 g/mol. The Labute approximate surface area is 82.2 Å². The fraction of sp³-hybridized carbons (Fsp3) is 0.0909. The molecule has 2 rings (SSSR count). The lowest BCUT2D eigenvalue weighted by Gasteiger charge is -1.95. The van der Waals surface area contributed by atoms with Crippen molar-refractivity contribution in [3.63, 3.8) is 0 Å². The van der Waals surface area contributed by atoms with Crippen LogP contribution in [-0.2, 0) is 0 Å². The zero-order valence-corrected chi connectivity index (χ0v) is 6.77. The number of hydrogen-bond acceptors (Lipinski definition) is 3.